The van der Waals surface area contributed by atoms with Crippen LogP contribution in [0.5, 0.6) is 0 Å². The van der Waals surface area contributed by atoms with E-state index >= 15 is 0 Å². The second-order valence-electron chi connectivity index (χ2n) is 3.96. The van der Waals surface area contributed by atoms with Crippen molar-refractivity contribution in [2.24, 2.45) is 0 Å². The van der Waals surface area contributed by atoms with E-state index in [2.05, 4.69) is 12.1 Å². The van der Waals surface area contributed by atoms with E-state index in [1.807, 2.05) is 18.2 Å². The van der Waals surface area contributed by atoms with Gasteiger partial charge in [0.2, 0.25) is 0 Å². The van der Waals surface area contributed by atoms with Gasteiger partial charge in [0.25, 0.3) is 0 Å². The number of aliphatic hydroxyl groups is 1. The molecule has 0 spiro atoms. The SMILES string of the molecule is O=C(O)CCC(O)CCCc1ccccc1. The van der Waals surface area contributed by atoms with Crippen LogP contribution in [0.4, 0.5) is 0 Å². The molecule has 1 aromatic rings. The summed E-state index contributed by atoms with van der Waals surface area (Å²) in [6.07, 6.45) is 2.41. The number of hydrogen-bond acceptors (Lipinski definition) is 2. The smallest absolute Gasteiger partial charge is 0.303 e. The summed E-state index contributed by atoms with van der Waals surface area (Å²) in [5.74, 6) is -0.845. The van der Waals surface area contributed by atoms with Gasteiger partial charge in [0.05, 0.1) is 6.10 Å². The minimum atomic E-state index is -0.845. The third-order valence-electron chi connectivity index (χ3n) is 2.54. The fourth-order valence-corrected chi connectivity index (χ4v) is 1.62. The van der Waals surface area contributed by atoms with Crippen LogP contribution in [0, 0.1) is 0 Å². The molecule has 2 N–H and O–H groups in total. The molecule has 0 saturated carbocycles. The van der Waals surface area contributed by atoms with Crippen LogP contribution in [0.1, 0.15) is 31.2 Å². The zero-order chi connectivity index (χ0) is 11.8. The zero-order valence-corrected chi connectivity index (χ0v) is 9.30. The molecule has 0 fully saturated rings. The summed E-state index contributed by atoms with van der Waals surface area (Å²) in [6, 6.07) is 10.1. The Morgan fingerprint density at radius 3 is 2.50 bits per heavy atom. The van der Waals surface area contributed by atoms with Crippen LogP contribution in [0.2, 0.25) is 0 Å². The topological polar surface area (TPSA) is 57.5 Å². The second-order valence-corrected chi connectivity index (χ2v) is 3.96. The van der Waals surface area contributed by atoms with E-state index in [1.54, 1.807) is 0 Å². The molecule has 0 aliphatic heterocycles. The van der Waals surface area contributed by atoms with Crippen molar-refractivity contribution in [3.05, 3.63) is 35.9 Å². The van der Waals surface area contributed by atoms with Crippen molar-refractivity contribution in [2.45, 2.75) is 38.2 Å². The molecule has 0 aliphatic carbocycles. The Morgan fingerprint density at radius 2 is 1.88 bits per heavy atom. The fraction of sp³-hybridized carbons (Fsp3) is 0.462. The number of aryl methyl sites for hydroxylation is 1. The first-order valence-electron chi connectivity index (χ1n) is 5.62. The van der Waals surface area contributed by atoms with Crippen molar-refractivity contribution in [1.82, 2.24) is 0 Å². The highest BCUT2D eigenvalue weighted by Crippen LogP contribution is 2.09. The van der Waals surface area contributed by atoms with Gasteiger partial charge in [-0.15, -0.1) is 0 Å². The number of carboxylic acid groups (broad SMARTS) is 1. The fourth-order valence-electron chi connectivity index (χ4n) is 1.62. The number of carbonyl (C=O) groups is 1. The molecular formula is C13H18O3. The highest BCUT2D eigenvalue weighted by molar-refractivity contribution is 5.66. The molecule has 3 heteroatoms. The Balaban J connectivity index is 2.13. The quantitative estimate of drug-likeness (QED) is 0.743. The predicted octanol–water partition coefficient (Wildman–Crippen LogP) is 2.24. The van der Waals surface area contributed by atoms with E-state index in [0.29, 0.717) is 12.8 Å². The summed E-state index contributed by atoms with van der Waals surface area (Å²) in [6.45, 7) is 0. The van der Waals surface area contributed by atoms with Gasteiger partial charge < -0.3 is 10.2 Å². The molecule has 0 amide bonds. The van der Waals surface area contributed by atoms with E-state index in [4.69, 9.17) is 5.11 Å². The molecule has 1 aromatic carbocycles. The van der Waals surface area contributed by atoms with Gasteiger partial charge in [-0.25, -0.2) is 0 Å². The number of benzene rings is 1. The van der Waals surface area contributed by atoms with E-state index in [-0.39, 0.29) is 6.42 Å². The van der Waals surface area contributed by atoms with Gasteiger partial charge in [-0.2, -0.15) is 0 Å². The summed E-state index contributed by atoms with van der Waals surface area (Å²) in [7, 11) is 0. The molecule has 0 aliphatic rings. The third kappa shape index (κ3) is 5.51. The lowest BCUT2D eigenvalue weighted by Crippen LogP contribution is -2.09. The van der Waals surface area contributed by atoms with Gasteiger partial charge in [0.1, 0.15) is 0 Å². The molecule has 3 nitrogen and oxygen atoms in total. The second kappa shape index (κ2) is 7.01. The Hall–Kier alpha value is -1.35. The Labute approximate surface area is 95.7 Å². The van der Waals surface area contributed by atoms with E-state index in [0.717, 1.165) is 12.8 Å². The number of rotatable bonds is 7. The van der Waals surface area contributed by atoms with E-state index in [9.17, 15) is 9.90 Å². The number of hydrogen-bond donors (Lipinski definition) is 2. The highest BCUT2D eigenvalue weighted by Gasteiger charge is 2.06. The zero-order valence-electron chi connectivity index (χ0n) is 9.30. The lowest BCUT2D eigenvalue weighted by molar-refractivity contribution is -0.137. The summed E-state index contributed by atoms with van der Waals surface area (Å²) in [5, 5.41) is 18.0. The van der Waals surface area contributed by atoms with Gasteiger partial charge in [0, 0.05) is 6.42 Å². The van der Waals surface area contributed by atoms with Crippen LogP contribution in [-0.2, 0) is 11.2 Å². The van der Waals surface area contributed by atoms with Crippen molar-refractivity contribution in [3.63, 3.8) is 0 Å². The third-order valence-corrected chi connectivity index (χ3v) is 2.54. The maximum absolute atomic E-state index is 10.3. The Bertz CT molecular complexity index is 308. The minimum absolute atomic E-state index is 0.0481. The van der Waals surface area contributed by atoms with Gasteiger partial charge in [-0.1, -0.05) is 30.3 Å². The Morgan fingerprint density at radius 1 is 1.19 bits per heavy atom. The molecule has 0 bridgehead atoms. The summed E-state index contributed by atoms with van der Waals surface area (Å²) < 4.78 is 0. The summed E-state index contributed by atoms with van der Waals surface area (Å²) >= 11 is 0. The normalized spacial score (nSPS) is 12.3. The van der Waals surface area contributed by atoms with Crippen molar-refractivity contribution >= 4 is 5.97 Å². The van der Waals surface area contributed by atoms with Gasteiger partial charge in [-0.05, 0) is 31.2 Å². The molecule has 1 rings (SSSR count). The molecule has 1 atom stereocenters. The van der Waals surface area contributed by atoms with Crippen LogP contribution < -0.4 is 0 Å². The monoisotopic (exact) mass is 222 g/mol. The largest absolute Gasteiger partial charge is 0.481 e. The molecule has 1 unspecified atom stereocenters. The lowest BCUT2D eigenvalue weighted by atomic mass is 10.0. The van der Waals surface area contributed by atoms with Crippen LogP contribution in [0.3, 0.4) is 0 Å². The molecule has 88 valence electrons. The summed E-state index contributed by atoms with van der Waals surface area (Å²) in [5.41, 5.74) is 1.26. The minimum Gasteiger partial charge on any atom is -0.481 e. The van der Waals surface area contributed by atoms with E-state index < -0.39 is 12.1 Å². The van der Waals surface area contributed by atoms with Crippen LogP contribution in [0.15, 0.2) is 30.3 Å². The Kier molecular flexibility index (Phi) is 5.57. The number of aliphatic hydroxyl groups excluding tert-OH is 1. The predicted molar refractivity (Wildman–Crippen MR) is 62.3 cm³/mol. The van der Waals surface area contributed by atoms with Gasteiger partial charge in [0.15, 0.2) is 0 Å². The standard InChI is InChI=1S/C13H18O3/c14-12(9-10-13(15)16)8-4-7-11-5-2-1-3-6-11/h1-3,5-6,12,14H,4,7-10H2,(H,15,16). The van der Waals surface area contributed by atoms with Crippen LogP contribution >= 0.6 is 0 Å². The average Bonchev–Trinajstić information content (AvgIpc) is 2.28. The number of aliphatic carboxylic acids is 1. The first kappa shape index (κ1) is 12.7. The maximum Gasteiger partial charge on any atom is 0.303 e. The molecule has 0 aromatic heterocycles. The van der Waals surface area contributed by atoms with Crippen molar-refractivity contribution in [2.75, 3.05) is 0 Å². The first-order chi connectivity index (χ1) is 7.68. The lowest BCUT2D eigenvalue weighted by Gasteiger charge is -2.08. The summed E-state index contributed by atoms with van der Waals surface area (Å²) in [4.78, 5) is 10.3. The van der Waals surface area contributed by atoms with Crippen LogP contribution in [-0.4, -0.2) is 22.3 Å². The van der Waals surface area contributed by atoms with Crippen LogP contribution in [0.25, 0.3) is 0 Å². The molecule has 0 heterocycles. The molecular weight excluding hydrogens is 204 g/mol. The van der Waals surface area contributed by atoms with Crippen molar-refractivity contribution in [3.8, 4) is 0 Å². The highest BCUT2D eigenvalue weighted by atomic mass is 16.4. The van der Waals surface area contributed by atoms with Gasteiger partial charge >= 0.3 is 5.97 Å². The molecule has 16 heavy (non-hydrogen) atoms. The van der Waals surface area contributed by atoms with Gasteiger partial charge in [-0.3, -0.25) is 4.79 Å². The van der Waals surface area contributed by atoms with Crippen molar-refractivity contribution < 1.29 is 15.0 Å². The average molecular weight is 222 g/mol. The molecule has 0 saturated heterocycles. The van der Waals surface area contributed by atoms with E-state index in [1.165, 1.54) is 5.56 Å². The first-order valence-corrected chi connectivity index (χ1v) is 5.62. The van der Waals surface area contributed by atoms with Crippen molar-refractivity contribution in [1.29, 1.82) is 0 Å². The molecule has 0 radical (unpaired) electrons. The number of carboxylic acids is 1. The maximum atomic E-state index is 10.3.